The number of para-hydroxylation sites is 1. The minimum Gasteiger partial charge on any atom is -0.492 e. The van der Waals surface area contributed by atoms with Crippen LogP contribution in [0.25, 0.3) is 0 Å². The number of nitrogens with zero attached hydrogens (tertiary/aromatic N) is 1. The fourth-order valence-corrected chi connectivity index (χ4v) is 1.99. The van der Waals surface area contributed by atoms with Crippen LogP contribution < -0.4 is 10.1 Å². The van der Waals surface area contributed by atoms with Gasteiger partial charge in [-0.25, -0.2) is 4.79 Å². The van der Waals surface area contributed by atoms with E-state index in [1.165, 1.54) is 0 Å². The molecule has 0 bridgehead atoms. The van der Waals surface area contributed by atoms with Crippen LogP contribution in [0.1, 0.15) is 5.56 Å². The monoisotopic (exact) mass is 318 g/mol. The zero-order valence-electron chi connectivity index (χ0n) is 12.7. The van der Waals surface area contributed by atoms with E-state index in [0.29, 0.717) is 23.9 Å². The number of aryl methyl sites for hydroxylation is 1. The van der Waals surface area contributed by atoms with Gasteiger partial charge in [0.2, 0.25) is 0 Å². The van der Waals surface area contributed by atoms with E-state index in [4.69, 9.17) is 16.3 Å². The van der Waals surface area contributed by atoms with Gasteiger partial charge in [0.25, 0.3) is 0 Å². The average Bonchev–Trinajstić information content (AvgIpc) is 2.52. The van der Waals surface area contributed by atoms with Crippen LogP contribution >= 0.6 is 11.6 Å². The van der Waals surface area contributed by atoms with Gasteiger partial charge in [-0.2, -0.15) is 0 Å². The van der Waals surface area contributed by atoms with E-state index in [-0.39, 0.29) is 6.03 Å². The molecule has 0 unspecified atom stereocenters. The third-order valence-corrected chi connectivity index (χ3v) is 3.62. The second-order valence-corrected chi connectivity index (χ2v) is 5.38. The first-order chi connectivity index (χ1) is 10.6. The lowest BCUT2D eigenvalue weighted by atomic mass is 10.2. The number of likely N-dealkylation sites (N-methyl/N-ethyl adjacent to an activating group) is 1. The Bertz CT molecular complexity index is 632. The molecular formula is C17H19ClN2O2. The predicted molar refractivity (Wildman–Crippen MR) is 89.8 cm³/mol. The minimum atomic E-state index is -0.198. The summed E-state index contributed by atoms with van der Waals surface area (Å²) >= 11 is 6.04. The Morgan fingerprint density at radius 1 is 1.23 bits per heavy atom. The normalized spacial score (nSPS) is 10.1. The molecule has 5 heteroatoms. The standard InChI is InChI=1S/C17H19ClN2O2/c1-13-8-9-14(12-16(13)18)19-17(21)20(2)10-11-22-15-6-4-3-5-7-15/h3-9,12H,10-11H2,1-2H3,(H,19,21). The Labute approximate surface area is 135 Å². The summed E-state index contributed by atoms with van der Waals surface area (Å²) in [5, 5.41) is 3.44. The maximum Gasteiger partial charge on any atom is 0.321 e. The number of hydrogen-bond acceptors (Lipinski definition) is 2. The highest BCUT2D eigenvalue weighted by Crippen LogP contribution is 2.20. The largest absolute Gasteiger partial charge is 0.492 e. The molecular weight excluding hydrogens is 300 g/mol. The molecule has 2 rings (SSSR count). The van der Waals surface area contributed by atoms with Gasteiger partial charge < -0.3 is 15.0 Å². The molecule has 0 fully saturated rings. The lowest BCUT2D eigenvalue weighted by Crippen LogP contribution is -2.34. The van der Waals surface area contributed by atoms with Gasteiger partial charge >= 0.3 is 6.03 Å². The Morgan fingerprint density at radius 3 is 2.64 bits per heavy atom. The molecule has 0 spiro atoms. The van der Waals surface area contributed by atoms with Gasteiger partial charge in [0.1, 0.15) is 12.4 Å². The smallest absolute Gasteiger partial charge is 0.321 e. The zero-order chi connectivity index (χ0) is 15.9. The molecule has 0 radical (unpaired) electrons. The lowest BCUT2D eigenvalue weighted by molar-refractivity contribution is 0.207. The maximum atomic E-state index is 12.1. The highest BCUT2D eigenvalue weighted by Gasteiger charge is 2.09. The number of amides is 2. The second kappa shape index (κ2) is 7.71. The van der Waals surface area contributed by atoms with Gasteiger partial charge in [-0.1, -0.05) is 35.9 Å². The highest BCUT2D eigenvalue weighted by molar-refractivity contribution is 6.31. The van der Waals surface area contributed by atoms with Crippen LogP contribution in [0.4, 0.5) is 10.5 Å². The fraction of sp³-hybridized carbons (Fsp3) is 0.235. The molecule has 0 atom stereocenters. The molecule has 0 aliphatic carbocycles. The first-order valence-electron chi connectivity index (χ1n) is 7.02. The van der Waals surface area contributed by atoms with Crippen LogP contribution in [0.2, 0.25) is 5.02 Å². The molecule has 2 amide bonds. The maximum absolute atomic E-state index is 12.1. The molecule has 2 aromatic rings. The molecule has 0 aliphatic heterocycles. The number of halogens is 1. The summed E-state index contributed by atoms with van der Waals surface area (Å²) < 4.78 is 5.57. The first-order valence-corrected chi connectivity index (χ1v) is 7.40. The van der Waals surface area contributed by atoms with Crippen molar-refractivity contribution < 1.29 is 9.53 Å². The summed E-state index contributed by atoms with van der Waals surface area (Å²) in [6.07, 6.45) is 0. The number of anilines is 1. The number of hydrogen-bond donors (Lipinski definition) is 1. The Morgan fingerprint density at radius 2 is 1.95 bits per heavy atom. The van der Waals surface area contributed by atoms with Crippen molar-refractivity contribution in [2.24, 2.45) is 0 Å². The molecule has 0 aliphatic rings. The van der Waals surface area contributed by atoms with Crippen molar-refractivity contribution in [3.8, 4) is 5.75 Å². The summed E-state index contributed by atoms with van der Waals surface area (Å²) in [5.74, 6) is 0.793. The average molecular weight is 319 g/mol. The summed E-state index contributed by atoms with van der Waals surface area (Å²) in [7, 11) is 1.72. The van der Waals surface area contributed by atoms with Gasteiger partial charge in [0.15, 0.2) is 0 Å². The van der Waals surface area contributed by atoms with Crippen molar-refractivity contribution in [2.45, 2.75) is 6.92 Å². The Balaban J connectivity index is 1.80. The molecule has 1 N–H and O–H groups in total. The molecule has 22 heavy (non-hydrogen) atoms. The van der Waals surface area contributed by atoms with E-state index in [1.54, 1.807) is 18.0 Å². The number of carbonyl (C=O) groups excluding carboxylic acids is 1. The van der Waals surface area contributed by atoms with Gasteiger partial charge in [-0.3, -0.25) is 0 Å². The number of nitrogens with one attached hydrogen (secondary N) is 1. The number of urea groups is 1. The van der Waals surface area contributed by atoms with E-state index < -0.39 is 0 Å². The lowest BCUT2D eigenvalue weighted by Gasteiger charge is -2.18. The van der Waals surface area contributed by atoms with E-state index in [0.717, 1.165) is 11.3 Å². The zero-order valence-corrected chi connectivity index (χ0v) is 13.4. The second-order valence-electron chi connectivity index (χ2n) is 4.98. The van der Waals surface area contributed by atoms with E-state index in [9.17, 15) is 4.79 Å². The Hall–Kier alpha value is -2.20. The van der Waals surface area contributed by atoms with Crippen LogP contribution in [0.5, 0.6) is 5.75 Å². The number of rotatable bonds is 5. The highest BCUT2D eigenvalue weighted by atomic mass is 35.5. The van der Waals surface area contributed by atoms with Crippen LogP contribution in [0.3, 0.4) is 0 Å². The summed E-state index contributed by atoms with van der Waals surface area (Å²) in [6, 6.07) is 14.8. The predicted octanol–water partition coefficient (Wildman–Crippen LogP) is 4.19. The van der Waals surface area contributed by atoms with E-state index >= 15 is 0 Å². The number of ether oxygens (including phenoxy) is 1. The number of carbonyl (C=O) groups is 1. The van der Waals surface area contributed by atoms with Crippen molar-refractivity contribution in [3.05, 3.63) is 59.1 Å². The van der Waals surface area contributed by atoms with Crippen LogP contribution in [-0.4, -0.2) is 31.1 Å². The third-order valence-electron chi connectivity index (χ3n) is 3.21. The van der Waals surface area contributed by atoms with Crippen molar-refractivity contribution in [3.63, 3.8) is 0 Å². The van der Waals surface area contributed by atoms with E-state index in [1.807, 2.05) is 49.4 Å². The van der Waals surface area contributed by atoms with Crippen LogP contribution in [0.15, 0.2) is 48.5 Å². The minimum absolute atomic E-state index is 0.198. The summed E-state index contributed by atoms with van der Waals surface area (Å²) in [6.45, 7) is 2.84. The topological polar surface area (TPSA) is 41.6 Å². The van der Waals surface area contributed by atoms with Gasteiger partial charge in [-0.15, -0.1) is 0 Å². The number of benzene rings is 2. The Kier molecular flexibility index (Phi) is 5.67. The first kappa shape index (κ1) is 16.2. The molecule has 116 valence electrons. The van der Waals surface area contributed by atoms with Gasteiger partial charge in [0, 0.05) is 17.8 Å². The summed E-state index contributed by atoms with van der Waals surface area (Å²) in [5.41, 5.74) is 1.65. The van der Waals surface area contributed by atoms with E-state index in [2.05, 4.69) is 5.32 Å². The third kappa shape index (κ3) is 4.67. The quantitative estimate of drug-likeness (QED) is 0.898. The molecule has 0 heterocycles. The molecule has 0 saturated heterocycles. The van der Waals surface area contributed by atoms with Crippen molar-refractivity contribution >= 4 is 23.3 Å². The van der Waals surface area contributed by atoms with Crippen molar-refractivity contribution in [1.29, 1.82) is 0 Å². The van der Waals surface area contributed by atoms with Gasteiger partial charge in [-0.05, 0) is 36.8 Å². The molecule has 2 aromatic carbocycles. The molecule has 4 nitrogen and oxygen atoms in total. The van der Waals surface area contributed by atoms with Crippen LogP contribution in [-0.2, 0) is 0 Å². The van der Waals surface area contributed by atoms with Crippen molar-refractivity contribution in [2.75, 3.05) is 25.5 Å². The molecule has 0 aromatic heterocycles. The SMILES string of the molecule is Cc1ccc(NC(=O)N(C)CCOc2ccccc2)cc1Cl. The van der Waals surface area contributed by atoms with Gasteiger partial charge in [0.05, 0.1) is 6.54 Å². The molecule has 0 saturated carbocycles. The van der Waals surface area contributed by atoms with Crippen molar-refractivity contribution in [1.82, 2.24) is 4.90 Å². The fourth-order valence-electron chi connectivity index (χ4n) is 1.81. The van der Waals surface area contributed by atoms with Crippen LogP contribution in [0, 0.1) is 6.92 Å². The summed E-state index contributed by atoms with van der Waals surface area (Å²) in [4.78, 5) is 13.6.